The number of hydrogen-bond acceptors (Lipinski definition) is 11. The molecule has 2 aliphatic rings. The zero-order valence-corrected chi connectivity index (χ0v) is 14.3. The van der Waals surface area contributed by atoms with Crippen LogP contribution in [0.3, 0.4) is 0 Å². The van der Waals surface area contributed by atoms with Crippen molar-refractivity contribution < 1.29 is 50.4 Å². The number of ether oxygens (including phenoxy) is 2. The molecule has 15 heteroatoms. The van der Waals surface area contributed by atoms with E-state index in [1.807, 2.05) is 0 Å². The van der Waals surface area contributed by atoms with Gasteiger partial charge in [-0.25, -0.2) is 8.42 Å². The van der Waals surface area contributed by atoms with Gasteiger partial charge in [-0.2, -0.15) is 12.7 Å². The molecule has 2 heterocycles. The maximum Gasteiger partial charge on any atom is 0.310 e. The first-order valence-electron chi connectivity index (χ1n) is 7.03. The topological polar surface area (TPSA) is 200 Å². The molecule has 1 unspecified atom stereocenters. The molecule has 25 heavy (non-hydrogen) atoms. The Morgan fingerprint density at radius 1 is 1.32 bits per heavy atom. The lowest BCUT2D eigenvalue weighted by molar-refractivity contribution is -0.711. The van der Waals surface area contributed by atoms with Crippen molar-refractivity contribution in [1.29, 1.82) is 0 Å². The van der Waals surface area contributed by atoms with Crippen LogP contribution < -0.4 is 0 Å². The highest BCUT2D eigenvalue weighted by molar-refractivity contribution is 7.86. The molecule has 2 rings (SSSR count). The summed E-state index contributed by atoms with van der Waals surface area (Å²) in [6.45, 7) is -0.775. The van der Waals surface area contributed by atoms with Crippen LogP contribution in [0.1, 0.15) is 12.8 Å². The van der Waals surface area contributed by atoms with E-state index in [1.165, 1.54) is 0 Å². The van der Waals surface area contributed by atoms with E-state index in [2.05, 4.69) is 4.28 Å². The van der Waals surface area contributed by atoms with Crippen molar-refractivity contribution in [3.05, 3.63) is 10.1 Å². The van der Waals surface area contributed by atoms with Crippen LogP contribution in [0, 0.1) is 10.1 Å². The summed E-state index contributed by atoms with van der Waals surface area (Å²) in [6.07, 6.45) is -4.35. The van der Waals surface area contributed by atoms with Crippen LogP contribution >= 0.6 is 0 Å². The second-order valence-corrected chi connectivity index (χ2v) is 9.07. The molecule has 0 aromatic carbocycles. The quantitative estimate of drug-likeness (QED) is 0.216. The largest absolute Gasteiger partial charge is 0.388 e. The Labute approximate surface area is 142 Å². The SMILES string of the molecule is O=[N+]([O-])OS(=O)(=O)CCCC([C@]1(O)CO[C@@H]2[C@@H](O)CO[C@@H]21)S(=O)(=O)O. The summed E-state index contributed by atoms with van der Waals surface area (Å²) in [5.74, 6) is -0.908. The van der Waals surface area contributed by atoms with Gasteiger partial charge in [0.2, 0.25) is 0 Å². The Bertz CT molecular complexity index is 720. The monoisotopic (exact) mass is 407 g/mol. The Morgan fingerprint density at radius 3 is 2.52 bits per heavy atom. The van der Waals surface area contributed by atoms with E-state index < -0.39 is 79.7 Å². The van der Waals surface area contributed by atoms with E-state index in [0.29, 0.717) is 0 Å². The number of aliphatic hydroxyl groups excluding tert-OH is 1. The molecule has 2 saturated heterocycles. The molecule has 0 radical (unpaired) electrons. The first-order valence-corrected chi connectivity index (χ1v) is 10.1. The maximum absolute atomic E-state index is 11.7. The highest BCUT2D eigenvalue weighted by atomic mass is 32.2. The maximum atomic E-state index is 11.7. The van der Waals surface area contributed by atoms with Crippen LogP contribution in [-0.4, -0.2) is 84.8 Å². The highest BCUT2D eigenvalue weighted by Crippen LogP contribution is 2.39. The Morgan fingerprint density at radius 2 is 1.96 bits per heavy atom. The average molecular weight is 407 g/mol. The molecule has 0 amide bonds. The average Bonchev–Trinajstić information content (AvgIpc) is 2.95. The van der Waals surface area contributed by atoms with Crippen molar-refractivity contribution in [3.8, 4) is 0 Å². The third-order valence-corrected chi connectivity index (χ3v) is 6.58. The smallest absolute Gasteiger partial charge is 0.310 e. The number of hydrogen-bond donors (Lipinski definition) is 3. The summed E-state index contributed by atoms with van der Waals surface area (Å²) in [6, 6.07) is 0. The minimum Gasteiger partial charge on any atom is -0.388 e. The van der Waals surface area contributed by atoms with Gasteiger partial charge in [-0.3, -0.25) is 4.55 Å². The molecule has 5 atom stereocenters. The van der Waals surface area contributed by atoms with Crippen LogP contribution in [0.15, 0.2) is 0 Å². The predicted molar refractivity (Wildman–Crippen MR) is 76.9 cm³/mol. The third kappa shape index (κ3) is 4.36. The fourth-order valence-electron chi connectivity index (χ4n) is 3.04. The van der Waals surface area contributed by atoms with Crippen LogP contribution in [0.4, 0.5) is 0 Å². The van der Waals surface area contributed by atoms with Crippen molar-refractivity contribution in [2.75, 3.05) is 19.0 Å². The van der Waals surface area contributed by atoms with Gasteiger partial charge in [0.25, 0.3) is 10.1 Å². The lowest BCUT2D eigenvalue weighted by Crippen LogP contribution is -2.56. The standard InChI is InChI=1S/C10H17NO12S2/c12-6-4-21-9-8(6)22-5-10(9,13)7(25(18,19)20)2-1-3-24(16,17)23-11(14)15/h6-9,12-13H,1-5H2,(H,18,19,20)/t6-,7?,8+,9-,10+/m0/s1. The van der Waals surface area contributed by atoms with Crippen LogP contribution in [0.2, 0.25) is 0 Å². The molecule has 0 aliphatic carbocycles. The first-order chi connectivity index (χ1) is 11.4. The predicted octanol–water partition coefficient (Wildman–Crippen LogP) is -2.55. The van der Waals surface area contributed by atoms with Crippen molar-refractivity contribution >= 4 is 20.2 Å². The molecular formula is C10H17NO12S2. The number of fused-ring (bicyclic) bond motifs is 1. The second-order valence-electron chi connectivity index (χ2n) is 5.79. The summed E-state index contributed by atoms with van der Waals surface area (Å²) >= 11 is 0. The third-order valence-electron chi connectivity index (χ3n) is 4.08. The molecule has 3 N–H and O–H groups in total. The molecule has 0 aromatic rings. The molecule has 13 nitrogen and oxygen atoms in total. The van der Waals surface area contributed by atoms with Gasteiger partial charge in [-0.15, -0.1) is 10.1 Å². The van der Waals surface area contributed by atoms with E-state index in [4.69, 9.17) is 9.47 Å². The summed E-state index contributed by atoms with van der Waals surface area (Å²) in [5, 5.41) is 27.0. The minimum absolute atomic E-state index is 0.207. The molecule has 0 aromatic heterocycles. The van der Waals surface area contributed by atoms with Crippen LogP contribution in [0.25, 0.3) is 0 Å². The summed E-state index contributed by atoms with van der Waals surface area (Å²) in [7, 11) is -9.42. The van der Waals surface area contributed by atoms with Crippen molar-refractivity contribution in [1.82, 2.24) is 0 Å². The summed E-state index contributed by atoms with van der Waals surface area (Å²) in [4.78, 5) is 10.1. The summed E-state index contributed by atoms with van der Waals surface area (Å²) in [5.41, 5.74) is -2.22. The molecule has 0 bridgehead atoms. The second kappa shape index (κ2) is 6.90. The van der Waals surface area contributed by atoms with Crippen LogP contribution in [-0.2, 0) is 34.0 Å². The zero-order valence-electron chi connectivity index (χ0n) is 12.6. The van der Waals surface area contributed by atoms with Gasteiger partial charge < -0.3 is 19.7 Å². The number of nitrogens with zero attached hydrogens (tertiary/aromatic N) is 1. The number of rotatable bonds is 8. The van der Waals surface area contributed by atoms with Gasteiger partial charge in [0.1, 0.15) is 29.2 Å². The minimum atomic E-state index is -4.86. The summed E-state index contributed by atoms with van der Waals surface area (Å²) < 4.78 is 69.1. The van der Waals surface area contributed by atoms with Crippen molar-refractivity contribution in [2.45, 2.75) is 42.0 Å². The van der Waals surface area contributed by atoms with E-state index in [-0.39, 0.29) is 6.61 Å². The molecular weight excluding hydrogens is 390 g/mol. The molecule has 0 spiro atoms. The molecule has 0 saturated carbocycles. The van der Waals surface area contributed by atoms with Gasteiger partial charge in [0.05, 0.1) is 19.0 Å². The van der Waals surface area contributed by atoms with Crippen LogP contribution in [0.5, 0.6) is 0 Å². The lowest BCUT2D eigenvalue weighted by atomic mass is 9.90. The molecule has 2 fully saturated rings. The molecule has 146 valence electrons. The Balaban J connectivity index is 2.12. The van der Waals surface area contributed by atoms with E-state index >= 15 is 0 Å². The van der Waals surface area contributed by atoms with Gasteiger partial charge in [0.15, 0.2) is 0 Å². The Kier molecular flexibility index (Phi) is 5.58. The normalized spacial score (nSPS) is 33.8. The van der Waals surface area contributed by atoms with Gasteiger partial charge in [-0.05, 0) is 12.8 Å². The zero-order chi connectivity index (χ0) is 19.0. The fourth-order valence-corrected chi connectivity index (χ4v) is 5.00. The first kappa shape index (κ1) is 20.2. The number of aliphatic hydroxyl groups is 2. The van der Waals surface area contributed by atoms with Crippen molar-refractivity contribution in [2.24, 2.45) is 0 Å². The fraction of sp³-hybridized carbons (Fsp3) is 1.00. The highest BCUT2D eigenvalue weighted by Gasteiger charge is 2.61. The van der Waals surface area contributed by atoms with Gasteiger partial charge in [0, 0.05) is 0 Å². The van der Waals surface area contributed by atoms with Gasteiger partial charge >= 0.3 is 15.2 Å². The van der Waals surface area contributed by atoms with Gasteiger partial charge in [-0.1, -0.05) is 0 Å². The van der Waals surface area contributed by atoms with E-state index in [9.17, 15) is 41.7 Å². The lowest BCUT2D eigenvalue weighted by Gasteiger charge is -2.33. The van der Waals surface area contributed by atoms with E-state index in [0.717, 1.165) is 0 Å². The van der Waals surface area contributed by atoms with E-state index in [1.54, 1.807) is 0 Å². The Hall–Kier alpha value is -1.10. The van der Waals surface area contributed by atoms with Crippen molar-refractivity contribution in [3.63, 3.8) is 0 Å². The molecule has 2 aliphatic heterocycles.